The van der Waals surface area contributed by atoms with Gasteiger partial charge in [0.05, 0.1) is 6.61 Å². The van der Waals surface area contributed by atoms with Gasteiger partial charge in [-0.3, -0.25) is 0 Å². The van der Waals surface area contributed by atoms with E-state index < -0.39 is 10.0 Å². The van der Waals surface area contributed by atoms with Gasteiger partial charge in [0.1, 0.15) is 5.82 Å². The maximum Gasteiger partial charge on any atom is 0.259 e. The molecule has 0 fully saturated rings. The van der Waals surface area contributed by atoms with E-state index in [4.69, 9.17) is 5.11 Å². The molecule has 1 aromatic heterocycles. The van der Waals surface area contributed by atoms with Crippen LogP contribution in [0.15, 0.2) is 35.5 Å². The molecule has 1 heterocycles. The van der Waals surface area contributed by atoms with E-state index in [1.54, 1.807) is 35.8 Å². The molecule has 21 heavy (non-hydrogen) atoms. The van der Waals surface area contributed by atoms with E-state index in [0.717, 1.165) is 11.1 Å². The van der Waals surface area contributed by atoms with Gasteiger partial charge in [0.25, 0.3) is 10.0 Å². The predicted molar refractivity (Wildman–Crippen MR) is 79.0 cm³/mol. The summed E-state index contributed by atoms with van der Waals surface area (Å²) in [5.41, 5.74) is 1.54. The Bertz CT molecular complexity index is 723. The lowest BCUT2D eigenvalue weighted by Gasteiger charge is -2.05. The van der Waals surface area contributed by atoms with Crippen LogP contribution in [0.5, 0.6) is 0 Å². The molecule has 6 nitrogen and oxygen atoms in total. The summed E-state index contributed by atoms with van der Waals surface area (Å²) >= 11 is 0. The first kappa shape index (κ1) is 15.7. The van der Waals surface area contributed by atoms with Crippen molar-refractivity contribution in [3.8, 4) is 0 Å². The van der Waals surface area contributed by atoms with Gasteiger partial charge in [-0.2, -0.15) is 0 Å². The standard InChI is InChI=1S/C14H19N3O3S/c1-3-17-9-14(16-11(17)2)21(19,20)15-8-12-5-4-6-13(7-12)10-18/h4-7,9,15,18H,3,8,10H2,1-2H3. The Morgan fingerprint density at radius 3 is 2.67 bits per heavy atom. The minimum atomic E-state index is -3.63. The van der Waals surface area contributed by atoms with Crippen molar-refractivity contribution in [1.29, 1.82) is 0 Å². The fourth-order valence-corrected chi connectivity index (χ4v) is 3.04. The molecule has 0 saturated carbocycles. The van der Waals surface area contributed by atoms with Crippen molar-refractivity contribution in [3.63, 3.8) is 0 Å². The van der Waals surface area contributed by atoms with Crippen molar-refractivity contribution in [2.45, 2.75) is 38.6 Å². The highest BCUT2D eigenvalue weighted by atomic mass is 32.2. The second-order valence-electron chi connectivity index (χ2n) is 4.71. The summed E-state index contributed by atoms with van der Waals surface area (Å²) in [6, 6.07) is 7.13. The number of aryl methyl sites for hydroxylation is 2. The second kappa shape index (κ2) is 6.38. The van der Waals surface area contributed by atoms with E-state index in [1.807, 2.05) is 6.92 Å². The molecular weight excluding hydrogens is 290 g/mol. The smallest absolute Gasteiger partial charge is 0.259 e. The average molecular weight is 309 g/mol. The molecule has 0 aliphatic carbocycles. The highest BCUT2D eigenvalue weighted by molar-refractivity contribution is 7.89. The Morgan fingerprint density at radius 1 is 1.33 bits per heavy atom. The molecule has 0 bridgehead atoms. The van der Waals surface area contributed by atoms with Crippen molar-refractivity contribution in [2.24, 2.45) is 0 Å². The summed E-state index contributed by atoms with van der Waals surface area (Å²) in [6.45, 7) is 4.47. The Kier molecular flexibility index (Phi) is 4.76. The lowest BCUT2D eigenvalue weighted by Crippen LogP contribution is -2.23. The summed E-state index contributed by atoms with van der Waals surface area (Å²) in [4.78, 5) is 4.07. The van der Waals surface area contributed by atoms with Gasteiger partial charge in [-0.05, 0) is 25.0 Å². The van der Waals surface area contributed by atoms with Crippen molar-refractivity contribution < 1.29 is 13.5 Å². The normalized spacial score (nSPS) is 11.8. The highest BCUT2D eigenvalue weighted by Gasteiger charge is 2.18. The Morgan fingerprint density at radius 2 is 2.05 bits per heavy atom. The SMILES string of the molecule is CCn1cc(S(=O)(=O)NCc2cccc(CO)c2)nc1C. The molecule has 7 heteroatoms. The maximum absolute atomic E-state index is 12.2. The molecule has 0 aliphatic rings. The van der Waals surface area contributed by atoms with Crippen LogP contribution in [0.25, 0.3) is 0 Å². The zero-order valence-electron chi connectivity index (χ0n) is 12.1. The van der Waals surface area contributed by atoms with Gasteiger partial charge in [-0.1, -0.05) is 24.3 Å². The van der Waals surface area contributed by atoms with Gasteiger partial charge < -0.3 is 9.67 Å². The molecule has 0 atom stereocenters. The van der Waals surface area contributed by atoms with Gasteiger partial charge in [0.2, 0.25) is 0 Å². The first-order valence-electron chi connectivity index (χ1n) is 6.68. The molecule has 0 aliphatic heterocycles. The van der Waals surface area contributed by atoms with Gasteiger partial charge in [0, 0.05) is 19.3 Å². The number of aromatic nitrogens is 2. The van der Waals surface area contributed by atoms with Crippen LogP contribution < -0.4 is 4.72 Å². The van der Waals surface area contributed by atoms with Crippen LogP contribution in [0.1, 0.15) is 23.9 Å². The van der Waals surface area contributed by atoms with E-state index >= 15 is 0 Å². The van der Waals surface area contributed by atoms with Crippen molar-refractivity contribution >= 4 is 10.0 Å². The summed E-state index contributed by atoms with van der Waals surface area (Å²) in [5.74, 6) is 0.667. The van der Waals surface area contributed by atoms with E-state index in [9.17, 15) is 8.42 Å². The molecule has 0 unspecified atom stereocenters. The number of sulfonamides is 1. The molecule has 2 N–H and O–H groups in total. The summed E-state index contributed by atoms with van der Waals surface area (Å²) in [7, 11) is -3.63. The Balaban J connectivity index is 2.13. The molecule has 2 rings (SSSR count). The van der Waals surface area contributed by atoms with Crippen LogP contribution in [0, 0.1) is 6.92 Å². The third-order valence-corrected chi connectivity index (χ3v) is 4.48. The van der Waals surface area contributed by atoms with Crippen LogP contribution in [-0.4, -0.2) is 23.1 Å². The summed E-state index contributed by atoms with van der Waals surface area (Å²) in [6.07, 6.45) is 1.53. The molecule has 114 valence electrons. The Labute approximate surface area is 124 Å². The lowest BCUT2D eigenvalue weighted by atomic mass is 10.1. The van der Waals surface area contributed by atoms with E-state index in [2.05, 4.69) is 9.71 Å². The van der Waals surface area contributed by atoms with Crippen LogP contribution in [-0.2, 0) is 29.7 Å². The lowest BCUT2D eigenvalue weighted by molar-refractivity contribution is 0.281. The topological polar surface area (TPSA) is 84.2 Å². The zero-order valence-corrected chi connectivity index (χ0v) is 12.9. The number of hydrogen-bond acceptors (Lipinski definition) is 4. The number of imidazole rings is 1. The van der Waals surface area contributed by atoms with Crippen LogP contribution in [0.4, 0.5) is 0 Å². The number of benzene rings is 1. The Hall–Kier alpha value is -1.70. The number of nitrogens with one attached hydrogen (secondary N) is 1. The first-order valence-corrected chi connectivity index (χ1v) is 8.16. The van der Waals surface area contributed by atoms with E-state index in [-0.39, 0.29) is 18.2 Å². The second-order valence-corrected chi connectivity index (χ2v) is 6.43. The summed E-state index contributed by atoms with van der Waals surface area (Å²) < 4.78 is 28.7. The van der Waals surface area contributed by atoms with Crippen LogP contribution >= 0.6 is 0 Å². The zero-order chi connectivity index (χ0) is 15.5. The number of hydrogen-bond donors (Lipinski definition) is 2. The third kappa shape index (κ3) is 3.69. The van der Waals surface area contributed by atoms with Crippen molar-refractivity contribution in [3.05, 3.63) is 47.4 Å². The molecule has 0 saturated heterocycles. The van der Waals surface area contributed by atoms with E-state index in [0.29, 0.717) is 12.4 Å². The number of aliphatic hydroxyl groups excluding tert-OH is 1. The fraction of sp³-hybridized carbons (Fsp3) is 0.357. The predicted octanol–water partition coefficient (Wildman–Crippen LogP) is 1.18. The average Bonchev–Trinajstić information content (AvgIpc) is 2.87. The highest BCUT2D eigenvalue weighted by Crippen LogP contribution is 2.11. The maximum atomic E-state index is 12.2. The van der Waals surface area contributed by atoms with Crippen LogP contribution in [0.3, 0.4) is 0 Å². The van der Waals surface area contributed by atoms with E-state index in [1.165, 1.54) is 6.20 Å². The monoisotopic (exact) mass is 309 g/mol. The quantitative estimate of drug-likeness (QED) is 0.839. The minimum Gasteiger partial charge on any atom is -0.392 e. The van der Waals surface area contributed by atoms with Gasteiger partial charge in [0.15, 0.2) is 5.03 Å². The third-order valence-electron chi connectivity index (χ3n) is 3.21. The molecule has 0 radical (unpaired) electrons. The van der Waals surface area contributed by atoms with Gasteiger partial charge in [-0.15, -0.1) is 0 Å². The molecule has 2 aromatic rings. The number of aliphatic hydroxyl groups is 1. The minimum absolute atomic E-state index is 0.0279. The summed E-state index contributed by atoms with van der Waals surface area (Å²) in [5, 5.41) is 9.11. The molecule has 0 amide bonds. The van der Waals surface area contributed by atoms with Crippen molar-refractivity contribution in [1.82, 2.24) is 14.3 Å². The molecule has 1 aromatic carbocycles. The van der Waals surface area contributed by atoms with Gasteiger partial charge in [-0.25, -0.2) is 18.1 Å². The number of nitrogens with zero attached hydrogens (tertiary/aromatic N) is 2. The number of rotatable bonds is 6. The molecule has 0 spiro atoms. The molecular formula is C14H19N3O3S. The largest absolute Gasteiger partial charge is 0.392 e. The van der Waals surface area contributed by atoms with Gasteiger partial charge >= 0.3 is 0 Å². The van der Waals surface area contributed by atoms with Crippen LogP contribution in [0.2, 0.25) is 0 Å². The first-order chi connectivity index (χ1) is 9.96. The fourth-order valence-electron chi connectivity index (χ4n) is 2.02. The van der Waals surface area contributed by atoms with Crippen molar-refractivity contribution in [2.75, 3.05) is 0 Å².